The Hall–Kier alpha value is -1.19. The second-order valence-corrected chi connectivity index (χ2v) is 7.36. The van der Waals surface area contributed by atoms with Crippen LogP contribution in [0.2, 0.25) is 0 Å². The summed E-state index contributed by atoms with van der Waals surface area (Å²) >= 11 is 0. The molecule has 1 aliphatic heterocycles. The van der Waals surface area contributed by atoms with E-state index in [1.54, 1.807) is 7.05 Å². The van der Waals surface area contributed by atoms with Crippen LogP contribution < -0.4 is 11.1 Å². The fraction of sp³-hybridized carbons (Fsp3) is 0.882. The minimum absolute atomic E-state index is 0.275. The van der Waals surface area contributed by atoms with Crippen LogP contribution in [0.5, 0.6) is 0 Å². The Labute approximate surface area is 153 Å². The average molecular weight is 383 g/mol. The number of likely N-dealkylation sites (N-methyl/N-ethyl adjacent to an activating group) is 1. The zero-order valence-corrected chi connectivity index (χ0v) is 16.1. The molecule has 4 atom stereocenters. The number of alkyl halides is 3. The fourth-order valence-electron chi connectivity index (χ4n) is 2.47. The van der Waals surface area contributed by atoms with Crippen molar-refractivity contribution in [1.82, 2.24) is 10.2 Å². The number of aliphatic hydroxyl groups is 1. The number of nitrogens with one attached hydrogen (secondary N) is 1. The van der Waals surface area contributed by atoms with Crippen LogP contribution >= 0.6 is 0 Å². The van der Waals surface area contributed by atoms with Gasteiger partial charge in [0.05, 0.1) is 18.1 Å². The lowest BCUT2D eigenvalue weighted by Crippen LogP contribution is -2.55. The number of aliphatic hydroxyl groups excluding tert-OH is 1. The zero-order valence-electron chi connectivity index (χ0n) is 16.1. The second kappa shape index (κ2) is 10.8. The van der Waals surface area contributed by atoms with Gasteiger partial charge in [0, 0.05) is 0 Å². The first-order valence-electron chi connectivity index (χ1n) is 8.79. The Kier molecular flexibility index (Phi) is 10.3. The third-order valence-corrected chi connectivity index (χ3v) is 4.45. The molecule has 1 heterocycles. The predicted octanol–water partition coefficient (Wildman–Crippen LogP) is 1.31. The molecule has 9 heteroatoms. The summed E-state index contributed by atoms with van der Waals surface area (Å²) in [4.78, 5) is 23.6. The number of nitrogens with two attached hydrogens (primary N) is 1. The highest BCUT2D eigenvalue weighted by atomic mass is 19.4. The van der Waals surface area contributed by atoms with E-state index in [0.29, 0.717) is 6.42 Å². The van der Waals surface area contributed by atoms with Crippen molar-refractivity contribution >= 4 is 12.2 Å². The number of hydrogen-bond donors (Lipinski definition) is 3. The summed E-state index contributed by atoms with van der Waals surface area (Å²) in [7, 11) is 1.77. The summed E-state index contributed by atoms with van der Waals surface area (Å²) in [6.45, 7) is 7.67. The van der Waals surface area contributed by atoms with Gasteiger partial charge in [-0.2, -0.15) is 13.2 Å². The van der Waals surface area contributed by atoms with Crippen molar-refractivity contribution in [2.24, 2.45) is 17.6 Å². The fourth-order valence-corrected chi connectivity index (χ4v) is 2.47. The van der Waals surface area contributed by atoms with Crippen molar-refractivity contribution in [2.45, 2.75) is 70.9 Å². The molecule has 26 heavy (non-hydrogen) atoms. The van der Waals surface area contributed by atoms with Gasteiger partial charge in [0.15, 0.2) is 6.10 Å². The summed E-state index contributed by atoms with van der Waals surface area (Å²) in [6.07, 6.45) is -5.02. The Balaban J connectivity index is 0.000000758. The van der Waals surface area contributed by atoms with Crippen molar-refractivity contribution in [3.8, 4) is 0 Å². The summed E-state index contributed by atoms with van der Waals surface area (Å²) < 4.78 is 37.7. The molecule has 0 radical (unpaired) electrons. The Morgan fingerprint density at radius 2 is 1.81 bits per heavy atom. The molecule has 4 N–H and O–H groups in total. The lowest BCUT2D eigenvalue weighted by atomic mass is 9.97. The summed E-state index contributed by atoms with van der Waals surface area (Å²) in [5, 5.41) is 11.7. The minimum Gasteiger partial charge on any atom is -0.382 e. The van der Waals surface area contributed by atoms with E-state index in [-0.39, 0.29) is 12.0 Å². The lowest BCUT2D eigenvalue weighted by Gasteiger charge is -2.30. The molecule has 0 aromatic carbocycles. The number of rotatable bonds is 6. The molecule has 1 amide bonds. The van der Waals surface area contributed by atoms with Gasteiger partial charge in [-0.05, 0) is 38.3 Å². The van der Waals surface area contributed by atoms with E-state index >= 15 is 0 Å². The topological polar surface area (TPSA) is 95.7 Å². The second-order valence-electron chi connectivity index (χ2n) is 7.36. The minimum atomic E-state index is -4.73. The number of carbonyl (C=O) groups excluding carboxylic acids is 2. The molecule has 1 fully saturated rings. The Morgan fingerprint density at radius 1 is 1.27 bits per heavy atom. The summed E-state index contributed by atoms with van der Waals surface area (Å²) in [5.41, 5.74) is 5.25. The molecule has 1 aliphatic rings. The van der Waals surface area contributed by atoms with Crippen LogP contribution in [0.3, 0.4) is 0 Å². The summed E-state index contributed by atoms with van der Waals surface area (Å²) in [5.74, 6) is -0.674. The first kappa shape index (κ1) is 24.8. The molecule has 0 saturated carbocycles. The SMILES string of the molecule is CC(C)C(N)C=O.CC(C)C(NC(=O)[C@@H]1CCCN1C)C(O)C(F)(F)F. The van der Waals surface area contributed by atoms with Crippen molar-refractivity contribution in [3.63, 3.8) is 0 Å². The maximum absolute atomic E-state index is 12.6. The molecule has 0 bridgehead atoms. The molecule has 0 aliphatic carbocycles. The van der Waals surface area contributed by atoms with Gasteiger partial charge in [-0.25, -0.2) is 0 Å². The highest BCUT2D eigenvalue weighted by molar-refractivity contribution is 5.82. The van der Waals surface area contributed by atoms with E-state index in [4.69, 9.17) is 5.73 Å². The van der Waals surface area contributed by atoms with Crippen LogP contribution in [-0.2, 0) is 9.59 Å². The van der Waals surface area contributed by atoms with E-state index in [1.165, 1.54) is 13.8 Å². The highest BCUT2D eigenvalue weighted by Crippen LogP contribution is 2.26. The van der Waals surface area contributed by atoms with Crippen LogP contribution in [0.1, 0.15) is 40.5 Å². The molecular weight excluding hydrogens is 351 g/mol. The quantitative estimate of drug-likeness (QED) is 0.601. The van der Waals surface area contributed by atoms with Crippen molar-refractivity contribution in [2.75, 3.05) is 13.6 Å². The molecule has 1 saturated heterocycles. The number of aldehydes is 1. The van der Waals surface area contributed by atoms with Gasteiger partial charge in [0.25, 0.3) is 0 Å². The highest BCUT2D eigenvalue weighted by Gasteiger charge is 2.45. The van der Waals surface area contributed by atoms with E-state index in [0.717, 1.165) is 19.3 Å². The maximum atomic E-state index is 12.6. The first-order chi connectivity index (χ1) is 11.8. The molecule has 0 aromatic heterocycles. The Morgan fingerprint density at radius 3 is 2.08 bits per heavy atom. The maximum Gasteiger partial charge on any atom is 0.416 e. The van der Waals surface area contributed by atoms with Crippen molar-refractivity contribution in [3.05, 3.63) is 0 Å². The third kappa shape index (κ3) is 8.01. The van der Waals surface area contributed by atoms with Crippen LogP contribution in [0.15, 0.2) is 0 Å². The van der Waals surface area contributed by atoms with Crippen LogP contribution in [0, 0.1) is 11.8 Å². The summed E-state index contributed by atoms with van der Waals surface area (Å²) in [6, 6.07) is -2.00. The third-order valence-electron chi connectivity index (χ3n) is 4.45. The largest absolute Gasteiger partial charge is 0.416 e. The first-order valence-corrected chi connectivity index (χ1v) is 8.79. The number of hydrogen-bond acceptors (Lipinski definition) is 5. The van der Waals surface area contributed by atoms with Gasteiger partial charge in [-0.3, -0.25) is 9.69 Å². The smallest absolute Gasteiger partial charge is 0.382 e. The molecule has 0 spiro atoms. The van der Waals surface area contributed by atoms with E-state index in [9.17, 15) is 27.9 Å². The van der Waals surface area contributed by atoms with E-state index in [1.807, 2.05) is 18.7 Å². The number of carbonyl (C=O) groups is 2. The average Bonchev–Trinajstić information content (AvgIpc) is 2.96. The lowest BCUT2D eigenvalue weighted by molar-refractivity contribution is -0.215. The van der Waals surface area contributed by atoms with Crippen LogP contribution in [0.4, 0.5) is 13.2 Å². The van der Waals surface area contributed by atoms with Gasteiger partial charge in [0.2, 0.25) is 5.91 Å². The number of nitrogens with zero attached hydrogens (tertiary/aromatic N) is 1. The van der Waals surface area contributed by atoms with E-state index in [2.05, 4.69) is 5.32 Å². The van der Waals surface area contributed by atoms with Crippen molar-refractivity contribution < 1.29 is 27.9 Å². The van der Waals surface area contributed by atoms with Gasteiger partial charge in [-0.15, -0.1) is 0 Å². The van der Waals surface area contributed by atoms with E-state index < -0.39 is 36.2 Å². The van der Waals surface area contributed by atoms with Crippen LogP contribution in [0.25, 0.3) is 0 Å². The standard InChI is InChI=1S/C12H21F3N2O2.C5H11NO/c1-7(2)9(10(18)12(13,14)15)16-11(19)8-5-4-6-17(8)3;1-4(2)5(6)3-7/h7-10,18H,4-6H2,1-3H3,(H,16,19);3-5H,6H2,1-2H3/t8-,9?,10?;/m0./s1. The molecule has 154 valence electrons. The molecule has 0 aromatic rings. The molecule has 6 nitrogen and oxygen atoms in total. The zero-order chi connectivity index (χ0) is 20.7. The van der Waals surface area contributed by atoms with Crippen LogP contribution in [-0.4, -0.2) is 66.2 Å². The number of amides is 1. The van der Waals surface area contributed by atoms with Gasteiger partial charge in [0.1, 0.15) is 6.29 Å². The van der Waals surface area contributed by atoms with Crippen molar-refractivity contribution in [1.29, 1.82) is 0 Å². The normalized spacial score (nSPS) is 21.8. The molecular formula is C17H32F3N3O3. The predicted molar refractivity (Wildman–Crippen MR) is 93.4 cm³/mol. The molecule has 3 unspecified atom stereocenters. The monoisotopic (exact) mass is 383 g/mol. The van der Waals surface area contributed by atoms with Gasteiger partial charge in [-0.1, -0.05) is 27.7 Å². The number of likely N-dealkylation sites (tertiary alicyclic amines) is 1. The number of halogens is 3. The Bertz CT molecular complexity index is 445. The molecule has 1 rings (SSSR count). The van der Waals surface area contributed by atoms with Gasteiger partial charge >= 0.3 is 6.18 Å². The van der Waals surface area contributed by atoms with Gasteiger partial charge < -0.3 is 21.0 Å².